The molecule has 0 saturated heterocycles. The highest BCUT2D eigenvalue weighted by atomic mass is 16.1. The van der Waals surface area contributed by atoms with Crippen molar-refractivity contribution in [3.8, 4) is 11.4 Å². The third-order valence-electron chi connectivity index (χ3n) is 3.22. The molecule has 0 spiro atoms. The van der Waals surface area contributed by atoms with Gasteiger partial charge in [-0.25, -0.2) is 4.98 Å². The molecule has 1 heterocycles. The van der Waals surface area contributed by atoms with Gasteiger partial charge in [-0.05, 0) is 5.56 Å². The van der Waals surface area contributed by atoms with Crippen molar-refractivity contribution in [3.63, 3.8) is 0 Å². The number of hydrogen-bond acceptors (Lipinski definition) is 2. The first kappa shape index (κ1) is 12.4. The number of carbonyl (C=O) groups is 1. The molecule has 2 aromatic carbocycles. The predicted molar refractivity (Wildman–Crippen MR) is 78.6 cm³/mol. The standard InChI is InChI=1S/C17H14N2O/c20-13-16-11-18-17(15-9-5-2-6-10-15)19(16)12-14-7-3-1-4-8-14/h1-11,13H,12H2. The maximum absolute atomic E-state index is 11.2. The summed E-state index contributed by atoms with van der Waals surface area (Å²) in [7, 11) is 0. The molecule has 0 unspecified atom stereocenters. The number of hydrogen-bond donors (Lipinski definition) is 0. The van der Waals surface area contributed by atoms with Gasteiger partial charge in [0.2, 0.25) is 0 Å². The van der Waals surface area contributed by atoms with Gasteiger partial charge < -0.3 is 4.57 Å². The Balaban J connectivity index is 2.05. The van der Waals surface area contributed by atoms with Crippen molar-refractivity contribution in [2.75, 3.05) is 0 Å². The molecule has 0 bridgehead atoms. The molecule has 3 nitrogen and oxygen atoms in total. The van der Waals surface area contributed by atoms with E-state index < -0.39 is 0 Å². The Morgan fingerprint density at radius 2 is 1.60 bits per heavy atom. The van der Waals surface area contributed by atoms with Gasteiger partial charge in [-0.1, -0.05) is 60.7 Å². The molecule has 0 amide bonds. The zero-order valence-corrected chi connectivity index (χ0v) is 10.9. The lowest BCUT2D eigenvalue weighted by Gasteiger charge is -2.09. The van der Waals surface area contributed by atoms with E-state index in [1.54, 1.807) is 6.20 Å². The number of carbonyl (C=O) groups excluding carboxylic acids is 1. The van der Waals surface area contributed by atoms with Gasteiger partial charge in [0, 0.05) is 12.1 Å². The van der Waals surface area contributed by atoms with Gasteiger partial charge >= 0.3 is 0 Å². The van der Waals surface area contributed by atoms with E-state index in [4.69, 9.17) is 0 Å². The number of aldehydes is 1. The lowest BCUT2D eigenvalue weighted by molar-refractivity contribution is 0.111. The maximum Gasteiger partial charge on any atom is 0.168 e. The summed E-state index contributed by atoms with van der Waals surface area (Å²) < 4.78 is 1.94. The highest BCUT2D eigenvalue weighted by Gasteiger charge is 2.11. The molecule has 20 heavy (non-hydrogen) atoms. The fourth-order valence-electron chi connectivity index (χ4n) is 2.23. The zero-order valence-electron chi connectivity index (χ0n) is 10.9. The van der Waals surface area contributed by atoms with E-state index in [0.717, 1.165) is 23.2 Å². The first-order chi connectivity index (χ1) is 9.88. The highest BCUT2D eigenvalue weighted by Crippen LogP contribution is 2.20. The van der Waals surface area contributed by atoms with Crippen molar-refractivity contribution in [1.82, 2.24) is 9.55 Å². The minimum atomic E-state index is 0.590. The molecule has 3 heteroatoms. The van der Waals surface area contributed by atoms with E-state index in [1.165, 1.54) is 0 Å². The Hall–Kier alpha value is -2.68. The van der Waals surface area contributed by atoms with E-state index in [1.807, 2.05) is 65.2 Å². The van der Waals surface area contributed by atoms with E-state index >= 15 is 0 Å². The maximum atomic E-state index is 11.2. The molecule has 3 aromatic rings. The molecule has 0 aliphatic rings. The van der Waals surface area contributed by atoms with Crippen LogP contribution >= 0.6 is 0 Å². The largest absolute Gasteiger partial charge is 0.317 e. The molecular formula is C17H14N2O. The van der Waals surface area contributed by atoms with Crippen LogP contribution in [0.1, 0.15) is 16.1 Å². The quantitative estimate of drug-likeness (QED) is 0.675. The molecule has 0 aliphatic heterocycles. The van der Waals surface area contributed by atoms with E-state index in [0.29, 0.717) is 12.2 Å². The number of benzene rings is 2. The average molecular weight is 262 g/mol. The van der Waals surface area contributed by atoms with Gasteiger partial charge in [0.15, 0.2) is 6.29 Å². The molecule has 1 aromatic heterocycles. The Morgan fingerprint density at radius 3 is 2.25 bits per heavy atom. The van der Waals surface area contributed by atoms with Crippen molar-refractivity contribution in [2.45, 2.75) is 6.54 Å². The lowest BCUT2D eigenvalue weighted by atomic mass is 10.2. The Morgan fingerprint density at radius 1 is 0.950 bits per heavy atom. The van der Waals surface area contributed by atoms with Crippen LogP contribution in [0.5, 0.6) is 0 Å². The number of nitrogens with zero attached hydrogens (tertiary/aromatic N) is 2. The lowest BCUT2D eigenvalue weighted by Crippen LogP contribution is -2.05. The second-order valence-corrected chi connectivity index (χ2v) is 4.56. The molecule has 0 fully saturated rings. The summed E-state index contributed by atoms with van der Waals surface area (Å²) in [5.74, 6) is 0.816. The third kappa shape index (κ3) is 2.38. The third-order valence-corrected chi connectivity index (χ3v) is 3.22. The van der Waals surface area contributed by atoms with Gasteiger partial charge in [0.25, 0.3) is 0 Å². The summed E-state index contributed by atoms with van der Waals surface area (Å²) in [5.41, 5.74) is 2.75. The smallest absolute Gasteiger partial charge is 0.168 e. The zero-order chi connectivity index (χ0) is 13.8. The van der Waals surface area contributed by atoms with Gasteiger partial charge in [-0.2, -0.15) is 0 Å². The van der Waals surface area contributed by atoms with Gasteiger partial charge in [0.1, 0.15) is 11.5 Å². The Labute approximate surface area is 117 Å². The summed E-state index contributed by atoms with van der Waals surface area (Å²) in [6, 6.07) is 20.0. The predicted octanol–water partition coefficient (Wildman–Crippen LogP) is 3.41. The Kier molecular flexibility index (Phi) is 3.42. The summed E-state index contributed by atoms with van der Waals surface area (Å²) in [4.78, 5) is 15.6. The topological polar surface area (TPSA) is 34.9 Å². The van der Waals surface area contributed by atoms with Crippen LogP contribution in [0.3, 0.4) is 0 Å². The monoisotopic (exact) mass is 262 g/mol. The molecular weight excluding hydrogens is 248 g/mol. The van der Waals surface area contributed by atoms with Crippen LogP contribution < -0.4 is 0 Å². The molecule has 0 aliphatic carbocycles. The van der Waals surface area contributed by atoms with Crippen molar-refractivity contribution in [2.24, 2.45) is 0 Å². The summed E-state index contributed by atoms with van der Waals surface area (Å²) in [6.45, 7) is 0.638. The fourth-order valence-corrected chi connectivity index (χ4v) is 2.23. The molecule has 0 atom stereocenters. The average Bonchev–Trinajstić information content (AvgIpc) is 2.92. The normalized spacial score (nSPS) is 10.4. The number of rotatable bonds is 4. The van der Waals surface area contributed by atoms with E-state index in [9.17, 15) is 4.79 Å². The van der Waals surface area contributed by atoms with Crippen molar-refractivity contribution < 1.29 is 4.79 Å². The SMILES string of the molecule is O=Cc1cnc(-c2ccccc2)n1Cc1ccccc1. The van der Waals surface area contributed by atoms with Crippen LogP contribution in [-0.2, 0) is 6.54 Å². The molecule has 0 N–H and O–H groups in total. The van der Waals surface area contributed by atoms with Gasteiger partial charge in [-0.15, -0.1) is 0 Å². The van der Waals surface area contributed by atoms with Crippen LogP contribution in [0.25, 0.3) is 11.4 Å². The second-order valence-electron chi connectivity index (χ2n) is 4.56. The van der Waals surface area contributed by atoms with E-state index in [2.05, 4.69) is 4.98 Å². The highest BCUT2D eigenvalue weighted by molar-refractivity contribution is 5.74. The van der Waals surface area contributed by atoms with Gasteiger partial charge in [0.05, 0.1) is 6.20 Å². The van der Waals surface area contributed by atoms with Crippen LogP contribution in [-0.4, -0.2) is 15.8 Å². The van der Waals surface area contributed by atoms with Crippen molar-refractivity contribution >= 4 is 6.29 Å². The summed E-state index contributed by atoms with van der Waals surface area (Å²) in [6.07, 6.45) is 2.47. The minimum absolute atomic E-state index is 0.590. The number of imidazole rings is 1. The van der Waals surface area contributed by atoms with Crippen molar-refractivity contribution in [3.05, 3.63) is 78.1 Å². The van der Waals surface area contributed by atoms with Gasteiger partial charge in [-0.3, -0.25) is 4.79 Å². The minimum Gasteiger partial charge on any atom is -0.317 e. The first-order valence-electron chi connectivity index (χ1n) is 6.48. The summed E-state index contributed by atoms with van der Waals surface area (Å²) in [5, 5.41) is 0. The van der Waals surface area contributed by atoms with Crippen LogP contribution in [0.2, 0.25) is 0 Å². The summed E-state index contributed by atoms with van der Waals surface area (Å²) >= 11 is 0. The van der Waals surface area contributed by atoms with Crippen LogP contribution in [0.4, 0.5) is 0 Å². The molecule has 98 valence electrons. The fraction of sp³-hybridized carbons (Fsp3) is 0.0588. The van der Waals surface area contributed by atoms with E-state index in [-0.39, 0.29) is 0 Å². The number of aromatic nitrogens is 2. The van der Waals surface area contributed by atoms with Crippen LogP contribution in [0, 0.1) is 0 Å². The van der Waals surface area contributed by atoms with Crippen molar-refractivity contribution in [1.29, 1.82) is 0 Å². The molecule has 0 radical (unpaired) electrons. The Bertz CT molecular complexity index is 702. The van der Waals surface area contributed by atoms with Crippen LogP contribution in [0.15, 0.2) is 66.9 Å². The first-order valence-corrected chi connectivity index (χ1v) is 6.48. The molecule has 0 saturated carbocycles. The second kappa shape index (κ2) is 5.53. The molecule has 3 rings (SSSR count).